The molecule has 1 amide bonds. The van der Waals surface area contributed by atoms with Crippen LogP contribution in [0.3, 0.4) is 0 Å². The fourth-order valence-corrected chi connectivity index (χ4v) is 3.59. The molecule has 0 spiro atoms. The molecule has 2 aromatic rings. The van der Waals surface area contributed by atoms with Crippen LogP contribution < -0.4 is 9.47 Å². The lowest BCUT2D eigenvalue weighted by Gasteiger charge is -2.09. The van der Waals surface area contributed by atoms with Crippen LogP contribution in [0.25, 0.3) is 6.08 Å². The zero-order valence-electron chi connectivity index (χ0n) is 15.3. The van der Waals surface area contributed by atoms with Gasteiger partial charge in [0.05, 0.1) is 25.7 Å². The van der Waals surface area contributed by atoms with Crippen LogP contribution in [0.5, 0.6) is 17.2 Å². The Morgan fingerprint density at radius 3 is 2.59 bits per heavy atom. The molecule has 0 radical (unpaired) electrons. The second-order valence-corrected chi connectivity index (χ2v) is 6.83. The topological polar surface area (TPSA) is 71.4 Å². The largest absolute Gasteiger partial charge is 0.504 e. The zero-order chi connectivity index (χ0) is 19.4. The predicted octanol–water partition coefficient (Wildman–Crippen LogP) is 3.51. The number of amides is 1. The highest BCUT2D eigenvalue weighted by Gasteiger charge is 2.30. The first-order valence-corrected chi connectivity index (χ1v) is 9.06. The number of methoxy groups -OCH3 is 2. The quantitative estimate of drug-likeness (QED) is 0.799. The Hall–Kier alpha value is -2.93. The second-order valence-electron chi connectivity index (χ2n) is 5.82. The van der Waals surface area contributed by atoms with Gasteiger partial charge in [0.1, 0.15) is 5.75 Å². The second kappa shape index (κ2) is 8.18. The first kappa shape index (κ1) is 18.8. The fraction of sp³-hybridized carbons (Fsp3) is 0.200. The summed E-state index contributed by atoms with van der Waals surface area (Å²) in [5, 5.41) is 10.5. The number of phenols is 1. The molecule has 1 N–H and O–H groups in total. The fourth-order valence-electron chi connectivity index (χ4n) is 2.63. The highest BCUT2D eigenvalue weighted by molar-refractivity contribution is 8.18. The number of aromatic hydroxyl groups is 1. The number of thioether (sulfide) groups is 1. The van der Waals surface area contributed by atoms with E-state index < -0.39 is 0 Å². The molecule has 0 unspecified atom stereocenters. The molecule has 2 aromatic carbocycles. The van der Waals surface area contributed by atoms with Crippen LogP contribution >= 0.6 is 11.8 Å². The van der Waals surface area contributed by atoms with Gasteiger partial charge in [-0.15, -0.1) is 0 Å². The minimum Gasteiger partial charge on any atom is -0.504 e. The average Bonchev–Trinajstić information content (AvgIpc) is 2.94. The Bertz CT molecular complexity index is 924. The molecule has 1 aliphatic heterocycles. The number of phenolic OH excluding ortho intramolecular Hbond substituents is 1. The third-order valence-electron chi connectivity index (χ3n) is 4.08. The van der Waals surface area contributed by atoms with Crippen LogP contribution in [0.2, 0.25) is 0 Å². The number of likely N-dealkylation sites (N-methyl/N-ethyl adjacent to an activating group) is 1. The molecule has 0 saturated carbocycles. The van der Waals surface area contributed by atoms with Gasteiger partial charge in [-0.3, -0.25) is 14.7 Å². The van der Waals surface area contributed by atoms with Crippen molar-refractivity contribution in [2.24, 2.45) is 4.99 Å². The van der Waals surface area contributed by atoms with Crippen molar-refractivity contribution in [3.05, 3.63) is 58.5 Å². The van der Waals surface area contributed by atoms with Crippen LogP contribution in [0, 0.1) is 0 Å². The molecule has 140 valence electrons. The van der Waals surface area contributed by atoms with Gasteiger partial charge < -0.3 is 14.6 Å². The Morgan fingerprint density at radius 1 is 1.15 bits per heavy atom. The summed E-state index contributed by atoms with van der Waals surface area (Å²) in [6.45, 7) is 0.417. The van der Waals surface area contributed by atoms with Gasteiger partial charge in [0.15, 0.2) is 16.7 Å². The number of hydrogen-bond acceptors (Lipinski definition) is 6. The molecule has 1 aliphatic rings. The van der Waals surface area contributed by atoms with Gasteiger partial charge in [-0.05, 0) is 41.6 Å². The summed E-state index contributed by atoms with van der Waals surface area (Å²) < 4.78 is 10.4. The Kier molecular flexibility index (Phi) is 5.71. The lowest BCUT2D eigenvalue weighted by atomic mass is 10.2. The number of ether oxygens (including phenoxy) is 2. The van der Waals surface area contributed by atoms with E-state index in [0.717, 1.165) is 11.3 Å². The van der Waals surface area contributed by atoms with E-state index in [1.807, 2.05) is 24.3 Å². The molecular formula is C20H20N2O4S. The Balaban J connectivity index is 1.81. The molecular weight excluding hydrogens is 364 g/mol. The Labute approximate surface area is 162 Å². The molecule has 7 heteroatoms. The zero-order valence-corrected chi connectivity index (χ0v) is 16.1. The highest BCUT2D eigenvalue weighted by atomic mass is 32.2. The summed E-state index contributed by atoms with van der Waals surface area (Å²) in [5.74, 6) is 1.05. The number of amidine groups is 1. The van der Waals surface area contributed by atoms with Gasteiger partial charge in [-0.25, -0.2) is 0 Å². The van der Waals surface area contributed by atoms with E-state index in [0.29, 0.717) is 27.9 Å². The average molecular weight is 384 g/mol. The number of para-hydroxylation sites is 1. The van der Waals surface area contributed by atoms with Crippen molar-refractivity contribution in [2.45, 2.75) is 6.54 Å². The SMILES string of the molecule is COc1ccc(/C=C2\SC(=NCc3ccccc3OC)N(C)C2=O)cc1O. The maximum atomic E-state index is 12.5. The number of hydrogen-bond donors (Lipinski definition) is 1. The van der Waals surface area contributed by atoms with Gasteiger partial charge >= 0.3 is 0 Å². The van der Waals surface area contributed by atoms with E-state index in [1.165, 1.54) is 23.8 Å². The standard InChI is InChI=1S/C20H20N2O4S/c1-22-19(24)18(11-13-8-9-17(26-3)15(23)10-13)27-20(22)21-12-14-6-4-5-7-16(14)25-2/h4-11,23H,12H2,1-3H3/b18-11-,21-20?. The summed E-state index contributed by atoms with van der Waals surface area (Å²) >= 11 is 1.30. The molecule has 1 fully saturated rings. The van der Waals surface area contributed by atoms with Crippen LogP contribution in [0.15, 0.2) is 52.4 Å². The van der Waals surface area contributed by atoms with Crippen LogP contribution in [-0.4, -0.2) is 42.3 Å². The minimum atomic E-state index is -0.130. The van der Waals surface area contributed by atoms with Gasteiger partial charge in [-0.1, -0.05) is 24.3 Å². The van der Waals surface area contributed by atoms with Crippen molar-refractivity contribution in [2.75, 3.05) is 21.3 Å². The summed E-state index contributed by atoms with van der Waals surface area (Å²) in [5.41, 5.74) is 1.66. The van der Waals surface area contributed by atoms with Crippen molar-refractivity contribution < 1.29 is 19.4 Å². The first-order chi connectivity index (χ1) is 13.0. The van der Waals surface area contributed by atoms with Crippen molar-refractivity contribution in [1.29, 1.82) is 0 Å². The van der Waals surface area contributed by atoms with Gasteiger partial charge in [0, 0.05) is 12.6 Å². The van der Waals surface area contributed by atoms with Crippen molar-refractivity contribution in [3.63, 3.8) is 0 Å². The van der Waals surface area contributed by atoms with E-state index in [9.17, 15) is 9.90 Å². The van der Waals surface area contributed by atoms with Gasteiger partial charge in [0.25, 0.3) is 5.91 Å². The van der Waals surface area contributed by atoms with Crippen molar-refractivity contribution in [1.82, 2.24) is 4.90 Å². The molecule has 27 heavy (non-hydrogen) atoms. The van der Waals surface area contributed by atoms with Crippen LogP contribution in [0.4, 0.5) is 0 Å². The minimum absolute atomic E-state index is 0.0284. The molecule has 0 aliphatic carbocycles. The monoisotopic (exact) mass is 384 g/mol. The number of nitrogens with zero attached hydrogens (tertiary/aromatic N) is 2. The van der Waals surface area contributed by atoms with E-state index >= 15 is 0 Å². The van der Waals surface area contributed by atoms with E-state index in [-0.39, 0.29) is 11.7 Å². The molecule has 3 rings (SSSR count). The van der Waals surface area contributed by atoms with Gasteiger partial charge in [-0.2, -0.15) is 0 Å². The summed E-state index contributed by atoms with van der Waals surface area (Å²) in [6.07, 6.45) is 1.73. The van der Waals surface area contributed by atoms with Gasteiger partial charge in [0.2, 0.25) is 0 Å². The molecule has 0 aromatic heterocycles. The molecule has 0 atom stereocenters. The molecule has 1 heterocycles. The number of carbonyl (C=O) groups is 1. The maximum absolute atomic E-state index is 12.5. The third kappa shape index (κ3) is 4.09. The predicted molar refractivity (Wildman–Crippen MR) is 107 cm³/mol. The number of rotatable bonds is 5. The maximum Gasteiger partial charge on any atom is 0.266 e. The van der Waals surface area contributed by atoms with E-state index in [2.05, 4.69) is 4.99 Å². The molecule has 6 nitrogen and oxygen atoms in total. The number of aliphatic imine (C=N–C) groups is 1. The summed E-state index contributed by atoms with van der Waals surface area (Å²) in [6, 6.07) is 12.7. The highest BCUT2D eigenvalue weighted by Crippen LogP contribution is 2.34. The number of carbonyl (C=O) groups excluding carboxylic acids is 1. The van der Waals surface area contributed by atoms with E-state index in [1.54, 1.807) is 38.4 Å². The summed E-state index contributed by atoms with van der Waals surface area (Å²) in [4.78, 5) is 19.1. The summed E-state index contributed by atoms with van der Waals surface area (Å²) in [7, 11) is 4.81. The third-order valence-corrected chi connectivity index (χ3v) is 5.18. The number of benzene rings is 2. The van der Waals surface area contributed by atoms with E-state index in [4.69, 9.17) is 9.47 Å². The lowest BCUT2D eigenvalue weighted by molar-refractivity contribution is -0.121. The van der Waals surface area contributed by atoms with Crippen LogP contribution in [-0.2, 0) is 11.3 Å². The molecule has 0 bridgehead atoms. The normalized spacial score (nSPS) is 17.0. The van der Waals surface area contributed by atoms with Crippen molar-refractivity contribution in [3.8, 4) is 17.2 Å². The smallest absolute Gasteiger partial charge is 0.266 e. The Morgan fingerprint density at radius 2 is 1.89 bits per heavy atom. The van der Waals surface area contributed by atoms with Crippen LogP contribution in [0.1, 0.15) is 11.1 Å². The molecule has 1 saturated heterocycles. The lowest BCUT2D eigenvalue weighted by Crippen LogP contribution is -2.24. The first-order valence-electron chi connectivity index (χ1n) is 8.24. The van der Waals surface area contributed by atoms with Crippen molar-refractivity contribution >= 4 is 28.9 Å².